The molecular formula is C25H22N2O7S. The number of amides is 1. The number of hydrogen-bond acceptors (Lipinski definition) is 9. The highest BCUT2D eigenvalue weighted by molar-refractivity contribution is 7.17. The molecule has 1 amide bonds. The molecule has 0 radical (unpaired) electrons. The monoisotopic (exact) mass is 494 g/mol. The fourth-order valence-corrected chi connectivity index (χ4v) is 4.68. The molecule has 1 N–H and O–H groups in total. The highest BCUT2D eigenvalue weighted by atomic mass is 32.1. The van der Waals surface area contributed by atoms with Crippen LogP contribution in [-0.4, -0.2) is 41.0 Å². The molecule has 1 aromatic carbocycles. The first-order chi connectivity index (χ1) is 16.9. The Morgan fingerprint density at radius 3 is 2.80 bits per heavy atom. The molecule has 0 bridgehead atoms. The minimum atomic E-state index is -1.05. The third kappa shape index (κ3) is 4.47. The molecule has 1 aliphatic rings. The molecule has 35 heavy (non-hydrogen) atoms. The Bertz CT molecular complexity index is 1320. The molecule has 3 aromatic rings. The van der Waals surface area contributed by atoms with Gasteiger partial charge in [-0.15, -0.1) is 0 Å². The summed E-state index contributed by atoms with van der Waals surface area (Å²) in [7, 11) is 0. The molecule has 180 valence electrons. The van der Waals surface area contributed by atoms with Crippen LogP contribution in [0.1, 0.15) is 44.4 Å². The third-order valence-corrected chi connectivity index (χ3v) is 6.33. The van der Waals surface area contributed by atoms with Gasteiger partial charge < -0.3 is 19.0 Å². The molecule has 3 heterocycles. The molecule has 10 heteroatoms. The third-order valence-electron chi connectivity index (χ3n) is 5.19. The van der Waals surface area contributed by atoms with Gasteiger partial charge in [0.15, 0.2) is 16.7 Å². The van der Waals surface area contributed by atoms with Crippen LogP contribution in [0.5, 0.6) is 5.75 Å². The summed E-state index contributed by atoms with van der Waals surface area (Å²) in [4.78, 5) is 44.8. The summed E-state index contributed by atoms with van der Waals surface area (Å²) in [5.41, 5.74) is 0.684. The van der Waals surface area contributed by atoms with Crippen molar-refractivity contribution in [2.75, 3.05) is 18.1 Å². The van der Waals surface area contributed by atoms with Crippen LogP contribution in [0.3, 0.4) is 0 Å². The summed E-state index contributed by atoms with van der Waals surface area (Å²) in [6, 6.07) is 8.72. The standard InChI is InChI=1S/C25H22N2O7S/c1-4-11-33-16-9-6-8-15(13-16)19-18(20(28)17-10-7-12-34-17)21(29)23(30)27(19)25-26-14(3)22(35-25)24(31)32-5-2/h4,6-10,12-13,19,29H,1,5,11H2,2-3H3. The molecule has 0 spiro atoms. The predicted octanol–water partition coefficient (Wildman–Crippen LogP) is 4.57. The Kier molecular flexibility index (Phi) is 6.83. The number of Topliss-reactive ketones (excluding diaryl/α,β-unsaturated/α-hetero) is 1. The van der Waals surface area contributed by atoms with Crippen molar-refractivity contribution >= 4 is 34.1 Å². The zero-order valence-corrected chi connectivity index (χ0v) is 19.8. The molecule has 0 fully saturated rings. The summed E-state index contributed by atoms with van der Waals surface area (Å²) in [6.07, 6.45) is 2.92. The van der Waals surface area contributed by atoms with E-state index < -0.39 is 29.5 Å². The number of furan rings is 1. The fraction of sp³-hybridized carbons (Fsp3) is 0.200. The van der Waals surface area contributed by atoms with E-state index in [1.54, 1.807) is 44.2 Å². The number of aromatic nitrogens is 1. The van der Waals surface area contributed by atoms with Crippen molar-refractivity contribution < 1.29 is 33.4 Å². The van der Waals surface area contributed by atoms with Crippen LogP contribution in [0.15, 0.2) is 71.1 Å². The van der Waals surface area contributed by atoms with Crippen LogP contribution in [0, 0.1) is 6.92 Å². The van der Waals surface area contributed by atoms with Crippen LogP contribution in [0.2, 0.25) is 0 Å². The van der Waals surface area contributed by atoms with Crippen molar-refractivity contribution in [3.8, 4) is 5.75 Å². The topological polar surface area (TPSA) is 119 Å². The number of hydrogen-bond donors (Lipinski definition) is 1. The Labute approximate surface area is 204 Å². The van der Waals surface area contributed by atoms with Crippen LogP contribution in [-0.2, 0) is 9.53 Å². The van der Waals surface area contributed by atoms with Crippen molar-refractivity contribution in [3.05, 3.63) is 88.5 Å². The number of carbonyl (C=O) groups excluding carboxylic acids is 3. The fourth-order valence-electron chi connectivity index (χ4n) is 3.69. The molecule has 1 aliphatic heterocycles. The second-order valence-electron chi connectivity index (χ2n) is 7.45. The van der Waals surface area contributed by atoms with E-state index >= 15 is 0 Å². The number of ether oxygens (including phenoxy) is 2. The Hall–Kier alpha value is -4.18. The van der Waals surface area contributed by atoms with Gasteiger partial charge in [0.05, 0.1) is 30.2 Å². The molecule has 2 aromatic heterocycles. The van der Waals surface area contributed by atoms with Crippen LogP contribution >= 0.6 is 11.3 Å². The average Bonchev–Trinajstić information content (AvgIpc) is 3.57. The lowest BCUT2D eigenvalue weighted by Crippen LogP contribution is -2.31. The minimum Gasteiger partial charge on any atom is -0.503 e. The van der Waals surface area contributed by atoms with Crippen LogP contribution < -0.4 is 9.64 Å². The average molecular weight is 495 g/mol. The van der Waals surface area contributed by atoms with Crippen molar-refractivity contribution in [1.29, 1.82) is 0 Å². The van der Waals surface area contributed by atoms with E-state index in [0.717, 1.165) is 11.3 Å². The summed E-state index contributed by atoms with van der Waals surface area (Å²) in [6.45, 7) is 7.37. The second kappa shape index (κ2) is 9.98. The lowest BCUT2D eigenvalue weighted by Gasteiger charge is -2.24. The summed E-state index contributed by atoms with van der Waals surface area (Å²) in [5.74, 6) is -2.32. The molecular weight excluding hydrogens is 472 g/mol. The largest absolute Gasteiger partial charge is 0.503 e. The second-order valence-corrected chi connectivity index (χ2v) is 8.43. The van der Waals surface area contributed by atoms with E-state index in [4.69, 9.17) is 13.9 Å². The highest BCUT2D eigenvalue weighted by Crippen LogP contribution is 2.44. The Balaban J connectivity index is 1.84. The number of nitrogens with zero attached hydrogens (tertiary/aromatic N) is 2. The van der Waals surface area contributed by atoms with Gasteiger partial charge in [0, 0.05) is 0 Å². The van der Waals surface area contributed by atoms with E-state index in [-0.39, 0.29) is 34.6 Å². The van der Waals surface area contributed by atoms with E-state index in [2.05, 4.69) is 11.6 Å². The van der Waals surface area contributed by atoms with E-state index in [1.807, 2.05) is 0 Å². The molecule has 0 saturated carbocycles. The maximum atomic E-state index is 13.3. The lowest BCUT2D eigenvalue weighted by molar-refractivity contribution is -0.117. The van der Waals surface area contributed by atoms with Gasteiger partial charge in [0.2, 0.25) is 5.78 Å². The molecule has 1 unspecified atom stereocenters. The molecule has 1 atom stereocenters. The van der Waals surface area contributed by atoms with E-state index in [9.17, 15) is 19.5 Å². The quantitative estimate of drug-likeness (QED) is 0.261. The van der Waals surface area contributed by atoms with Gasteiger partial charge in [-0.25, -0.2) is 9.78 Å². The van der Waals surface area contributed by atoms with Crippen molar-refractivity contribution in [2.45, 2.75) is 19.9 Å². The number of aryl methyl sites for hydroxylation is 1. The smallest absolute Gasteiger partial charge is 0.350 e. The zero-order valence-electron chi connectivity index (χ0n) is 19.0. The van der Waals surface area contributed by atoms with Gasteiger partial charge in [-0.1, -0.05) is 36.1 Å². The first kappa shape index (κ1) is 24.0. The van der Waals surface area contributed by atoms with Gasteiger partial charge in [-0.2, -0.15) is 0 Å². The van der Waals surface area contributed by atoms with E-state index in [1.165, 1.54) is 23.3 Å². The van der Waals surface area contributed by atoms with Gasteiger partial charge in [-0.3, -0.25) is 14.5 Å². The van der Waals surface area contributed by atoms with Gasteiger partial charge in [-0.05, 0) is 43.7 Å². The normalized spacial score (nSPS) is 15.4. The molecule has 4 rings (SSSR count). The zero-order chi connectivity index (χ0) is 25.1. The lowest BCUT2D eigenvalue weighted by atomic mass is 9.95. The van der Waals surface area contributed by atoms with Crippen LogP contribution in [0.25, 0.3) is 0 Å². The summed E-state index contributed by atoms with van der Waals surface area (Å²) >= 11 is 0.941. The van der Waals surface area contributed by atoms with Crippen molar-refractivity contribution in [1.82, 2.24) is 4.98 Å². The predicted molar refractivity (Wildman–Crippen MR) is 128 cm³/mol. The summed E-state index contributed by atoms with van der Waals surface area (Å²) in [5, 5.41) is 11.0. The Morgan fingerprint density at radius 2 is 2.11 bits per heavy atom. The summed E-state index contributed by atoms with van der Waals surface area (Å²) < 4.78 is 15.9. The number of aliphatic hydroxyl groups excluding tert-OH is 1. The number of rotatable bonds is 9. The number of esters is 1. The van der Waals surface area contributed by atoms with Crippen LogP contribution in [0.4, 0.5) is 5.13 Å². The van der Waals surface area contributed by atoms with E-state index in [0.29, 0.717) is 17.0 Å². The Morgan fingerprint density at radius 1 is 1.31 bits per heavy atom. The number of thiazole rings is 1. The maximum Gasteiger partial charge on any atom is 0.350 e. The molecule has 0 aliphatic carbocycles. The number of benzene rings is 1. The first-order valence-electron chi connectivity index (χ1n) is 10.7. The maximum absolute atomic E-state index is 13.3. The van der Waals surface area contributed by atoms with Crippen molar-refractivity contribution in [2.24, 2.45) is 0 Å². The minimum absolute atomic E-state index is 0.0345. The SMILES string of the molecule is C=CCOc1cccc(C2C(C(=O)c3ccco3)=C(O)C(=O)N2c2nc(C)c(C(=O)OCC)s2)c1. The number of carbonyl (C=O) groups is 3. The van der Waals surface area contributed by atoms with Gasteiger partial charge in [0.1, 0.15) is 17.2 Å². The molecule has 9 nitrogen and oxygen atoms in total. The van der Waals surface area contributed by atoms with Gasteiger partial charge >= 0.3 is 5.97 Å². The van der Waals surface area contributed by atoms with Gasteiger partial charge in [0.25, 0.3) is 5.91 Å². The highest BCUT2D eigenvalue weighted by Gasteiger charge is 2.47. The number of anilines is 1. The first-order valence-corrected chi connectivity index (χ1v) is 11.5. The van der Waals surface area contributed by atoms with Crippen molar-refractivity contribution in [3.63, 3.8) is 0 Å². The molecule has 0 saturated heterocycles. The number of ketones is 1. The number of aliphatic hydroxyl groups is 1.